The van der Waals surface area contributed by atoms with Gasteiger partial charge in [0.2, 0.25) is 0 Å². The molecule has 0 spiro atoms. The molecule has 1 aliphatic rings. The van der Waals surface area contributed by atoms with Crippen molar-refractivity contribution in [3.05, 3.63) is 36.1 Å². The van der Waals surface area contributed by atoms with Gasteiger partial charge >= 0.3 is 6.29 Å². The standard InChI is InChI=1S/C12H7F2NO4/c13-12(14)18-8-2-1-6(5-10(8)19-12)7-3-4-9(17-7)11(15)16/h1-5H,(H2,15,16). The number of halogens is 2. The lowest BCUT2D eigenvalue weighted by molar-refractivity contribution is -0.286. The zero-order chi connectivity index (χ0) is 13.6. The molecule has 0 aliphatic carbocycles. The molecule has 0 radical (unpaired) electrons. The van der Waals surface area contributed by atoms with Crippen LogP contribution in [0.3, 0.4) is 0 Å². The van der Waals surface area contributed by atoms with Crippen LogP contribution in [0.1, 0.15) is 10.6 Å². The van der Waals surface area contributed by atoms with Gasteiger partial charge in [-0.1, -0.05) is 0 Å². The fourth-order valence-electron chi connectivity index (χ4n) is 1.73. The van der Waals surface area contributed by atoms with E-state index < -0.39 is 12.2 Å². The van der Waals surface area contributed by atoms with Crippen LogP contribution in [-0.4, -0.2) is 12.2 Å². The summed E-state index contributed by atoms with van der Waals surface area (Å²) in [7, 11) is 0. The van der Waals surface area contributed by atoms with Crippen LogP contribution in [0, 0.1) is 0 Å². The molecule has 0 saturated carbocycles. The Morgan fingerprint density at radius 1 is 1.11 bits per heavy atom. The van der Waals surface area contributed by atoms with Crippen LogP contribution in [0.25, 0.3) is 11.3 Å². The fraction of sp³-hybridized carbons (Fsp3) is 0.0833. The summed E-state index contributed by atoms with van der Waals surface area (Å²) >= 11 is 0. The zero-order valence-corrected chi connectivity index (χ0v) is 9.35. The summed E-state index contributed by atoms with van der Waals surface area (Å²) in [4.78, 5) is 10.9. The van der Waals surface area contributed by atoms with E-state index in [0.717, 1.165) is 0 Å². The lowest BCUT2D eigenvalue weighted by atomic mass is 10.1. The maximum atomic E-state index is 12.9. The molecule has 0 atom stereocenters. The largest absolute Gasteiger partial charge is 0.586 e. The van der Waals surface area contributed by atoms with Gasteiger partial charge in [-0.2, -0.15) is 0 Å². The Balaban J connectivity index is 1.97. The predicted molar refractivity (Wildman–Crippen MR) is 58.9 cm³/mol. The molecule has 0 unspecified atom stereocenters. The van der Waals surface area contributed by atoms with Crippen molar-refractivity contribution < 1.29 is 27.5 Å². The van der Waals surface area contributed by atoms with Crippen molar-refractivity contribution in [1.82, 2.24) is 0 Å². The third kappa shape index (κ3) is 1.99. The van der Waals surface area contributed by atoms with E-state index in [-0.39, 0.29) is 17.3 Å². The van der Waals surface area contributed by atoms with Crippen molar-refractivity contribution in [2.45, 2.75) is 6.29 Å². The molecule has 1 amide bonds. The molecule has 7 heteroatoms. The first kappa shape index (κ1) is 11.5. The van der Waals surface area contributed by atoms with Gasteiger partial charge in [0.1, 0.15) is 5.76 Å². The summed E-state index contributed by atoms with van der Waals surface area (Å²) in [6.07, 6.45) is -3.66. The highest BCUT2D eigenvalue weighted by molar-refractivity contribution is 5.90. The Bertz CT molecular complexity index is 665. The first-order chi connectivity index (χ1) is 8.94. The SMILES string of the molecule is NC(=O)c1ccc(-c2ccc3c(c2)OC(F)(F)O3)o1. The van der Waals surface area contributed by atoms with E-state index >= 15 is 0 Å². The monoisotopic (exact) mass is 267 g/mol. The number of ether oxygens (including phenoxy) is 2. The number of carbonyl (C=O) groups is 1. The van der Waals surface area contributed by atoms with E-state index in [9.17, 15) is 13.6 Å². The molecule has 2 N–H and O–H groups in total. The summed E-state index contributed by atoms with van der Waals surface area (Å²) in [5, 5.41) is 0. The van der Waals surface area contributed by atoms with Crippen LogP contribution in [0.15, 0.2) is 34.7 Å². The summed E-state index contributed by atoms with van der Waals surface area (Å²) in [5.74, 6) is -0.568. The first-order valence-corrected chi connectivity index (χ1v) is 5.24. The van der Waals surface area contributed by atoms with Gasteiger partial charge < -0.3 is 19.6 Å². The van der Waals surface area contributed by atoms with E-state index in [1.807, 2.05) is 0 Å². The highest BCUT2D eigenvalue weighted by Crippen LogP contribution is 2.43. The fourth-order valence-corrected chi connectivity index (χ4v) is 1.73. The number of hydrogen-bond acceptors (Lipinski definition) is 4. The topological polar surface area (TPSA) is 74.7 Å². The van der Waals surface area contributed by atoms with Gasteiger partial charge in [-0.3, -0.25) is 4.79 Å². The van der Waals surface area contributed by atoms with Crippen molar-refractivity contribution in [2.24, 2.45) is 5.73 Å². The Kier molecular flexibility index (Phi) is 2.25. The van der Waals surface area contributed by atoms with Gasteiger partial charge in [0.25, 0.3) is 5.91 Å². The Labute approximate surface area is 105 Å². The number of fused-ring (bicyclic) bond motifs is 1. The summed E-state index contributed by atoms with van der Waals surface area (Å²) in [6, 6.07) is 7.08. The molecule has 19 heavy (non-hydrogen) atoms. The average molecular weight is 267 g/mol. The normalized spacial score (nSPS) is 15.5. The summed E-state index contributed by atoms with van der Waals surface area (Å²) in [6.45, 7) is 0. The smallest absolute Gasteiger partial charge is 0.451 e. The van der Waals surface area contributed by atoms with Gasteiger partial charge in [-0.15, -0.1) is 8.78 Å². The van der Waals surface area contributed by atoms with Crippen molar-refractivity contribution in [1.29, 1.82) is 0 Å². The Hall–Kier alpha value is -2.57. The highest BCUT2D eigenvalue weighted by atomic mass is 19.3. The van der Waals surface area contributed by atoms with E-state index in [1.54, 1.807) is 0 Å². The van der Waals surface area contributed by atoms with Crippen LogP contribution in [0.5, 0.6) is 11.5 Å². The van der Waals surface area contributed by atoms with Crippen molar-refractivity contribution >= 4 is 5.91 Å². The number of benzene rings is 1. The Morgan fingerprint density at radius 3 is 2.53 bits per heavy atom. The number of primary amides is 1. The van der Waals surface area contributed by atoms with Gasteiger partial charge in [-0.05, 0) is 30.3 Å². The zero-order valence-electron chi connectivity index (χ0n) is 9.35. The number of carbonyl (C=O) groups excluding carboxylic acids is 1. The van der Waals surface area contributed by atoms with Crippen molar-refractivity contribution in [2.75, 3.05) is 0 Å². The quantitative estimate of drug-likeness (QED) is 0.906. The minimum atomic E-state index is -3.66. The van der Waals surface area contributed by atoms with Crippen LogP contribution in [0.2, 0.25) is 0 Å². The molecular weight excluding hydrogens is 260 g/mol. The molecular formula is C12H7F2NO4. The molecule has 0 saturated heterocycles. The molecule has 98 valence electrons. The van der Waals surface area contributed by atoms with Gasteiger partial charge in [0.05, 0.1) is 0 Å². The van der Waals surface area contributed by atoms with Gasteiger partial charge in [0, 0.05) is 5.56 Å². The molecule has 0 fully saturated rings. The second-order valence-electron chi connectivity index (χ2n) is 3.86. The van der Waals surface area contributed by atoms with Crippen molar-refractivity contribution in [3.63, 3.8) is 0 Å². The molecule has 5 nitrogen and oxygen atoms in total. The number of nitrogens with two attached hydrogens (primary N) is 1. The Morgan fingerprint density at radius 2 is 1.84 bits per heavy atom. The first-order valence-electron chi connectivity index (χ1n) is 5.24. The molecule has 1 aliphatic heterocycles. The van der Waals surface area contributed by atoms with Crippen LogP contribution < -0.4 is 15.2 Å². The molecule has 2 aromatic rings. The third-order valence-electron chi connectivity index (χ3n) is 2.53. The summed E-state index contributed by atoms with van der Waals surface area (Å²) in [5.41, 5.74) is 5.52. The third-order valence-corrected chi connectivity index (χ3v) is 2.53. The van der Waals surface area contributed by atoms with Crippen molar-refractivity contribution in [3.8, 4) is 22.8 Å². The molecule has 1 aromatic heterocycles. The molecule has 2 heterocycles. The highest BCUT2D eigenvalue weighted by Gasteiger charge is 2.43. The molecule has 0 bridgehead atoms. The van der Waals surface area contributed by atoms with E-state index in [2.05, 4.69) is 9.47 Å². The average Bonchev–Trinajstić information content (AvgIpc) is 2.89. The van der Waals surface area contributed by atoms with Crippen LogP contribution >= 0.6 is 0 Å². The lowest BCUT2D eigenvalue weighted by Gasteiger charge is -2.04. The molecule has 3 rings (SSSR count). The number of amides is 1. The van der Waals surface area contributed by atoms with Gasteiger partial charge in [-0.25, -0.2) is 0 Å². The number of alkyl halides is 2. The maximum absolute atomic E-state index is 12.9. The summed E-state index contributed by atoms with van der Waals surface area (Å²) < 4.78 is 39.5. The second kappa shape index (κ2) is 3.71. The van der Waals surface area contributed by atoms with E-state index in [4.69, 9.17) is 10.2 Å². The number of rotatable bonds is 2. The second-order valence-corrected chi connectivity index (χ2v) is 3.86. The van der Waals surface area contributed by atoms with E-state index in [0.29, 0.717) is 11.3 Å². The molecule has 1 aromatic carbocycles. The maximum Gasteiger partial charge on any atom is 0.586 e. The minimum absolute atomic E-state index is 0.0157. The van der Waals surface area contributed by atoms with E-state index in [1.165, 1.54) is 30.3 Å². The number of hydrogen-bond donors (Lipinski definition) is 1. The lowest BCUT2D eigenvalue weighted by Crippen LogP contribution is -2.25. The predicted octanol–water partition coefficient (Wildman–Crippen LogP) is 2.37. The van der Waals surface area contributed by atoms with Crippen LogP contribution in [-0.2, 0) is 0 Å². The number of furan rings is 1. The minimum Gasteiger partial charge on any atom is -0.451 e. The van der Waals surface area contributed by atoms with Crippen LogP contribution in [0.4, 0.5) is 8.78 Å². The van der Waals surface area contributed by atoms with Gasteiger partial charge in [0.15, 0.2) is 17.3 Å².